The van der Waals surface area contributed by atoms with Gasteiger partial charge in [0, 0.05) is 26.1 Å². The smallest absolute Gasteiger partial charge is 0.261 e. The SMILES string of the molecule is Cn1ccnc1P(C)(=O)O. The average molecular weight is 160 g/mol. The minimum Gasteiger partial charge on any atom is -0.339 e. The van der Waals surface area contributed by atoms with Crippen LogP contribution in [0.5, 0.6) is 0 Å². The molecule has 0 amide bonds. The number of nitrogens with zero attached hydrogens (tertiary/aromatic N) is 2. The second-order valence-electron chi connectivity index (χ2n) is 2.22. The van der Waals surface area contributed by atoms with Crippen molar-refractivity contribution in [1.82, 2.24) is 9.55 Å². The van der Waals surface area contributed by atoms with Gasteiger partial charge >= 0.3 is 0 Å². The molecule has 5 heteroatoms. The van der Waals surface area contributed by atoms with Crippen molar-refractivity contribution in [1.29, 1.82) is 0 Å². The highest BCUT2D eigenvalue weighted by molar-refractivity contribution is 7.64. The normalized spacial score (nSPS) is 16.7. The Morgan fingerprint density at radius 3 is 2.60 bits per heavy atom. The molecule has 1 N–H and O–H groups in total. The van der Waals surface area contributed by atoms with Crippen molar-refractivity contribution in [3.05, 3.63) is 12.4 Å². The van der Waals surface area contributed by atoms with Gasteiger partial charge in [0.25, 0.3) is 7.37 Å². The lowest BCUT2D eigenvalue weighted by molar-refractivity contribution is 0.493. The van der Waals surface area contributed by atoms with Crippen LogP contribution >= 0.6 is 7.37 Å². The number of aromatic nitrogens is 2. The van der Waals surface area contributed by atoms with Gasteiger partial charge in [-0.1, -0.05) is 0 Å². The summed E-state index contributed by atoms with van der Waals surface area (Å²) in [5.74, 6) is 0. The second kappa shape index (κ2) is 2.22. The first-order valence-corrected chi connectivity index (χ1v) is 4.90. The number of aryl methyl sites for hydroxylation is 1. The van der Waals surface area contributed by atoms with E-state index in [1.54, 1.807) is 17.8 Å². The average Bonchev–Trinajstić information content (AvgIpc) is 2.11. The van der Waals surface area contributed by atoms with Gasteiger partial charge in [-0.25, -0.2) is 4.98 Å². The molecule has 1 rings (SSSR count). The van der Waals surface area contributed by atoms with Crippen LogP contribution in [-0.2, 0) is 11.6 Å². The second-order valence-corrected chi connectivity index (χ2v) is 4.38. The molecule has 0 aliphatic rings. The highest BCUT2D eigenvalue weighted by atomic mass is 31.2. The number of imidazole rings is 1. The van der Waals surface area contributed by atoms with Gasteiger partial charge in [0.15, 0.2) is 5.57 Å². The van der Waals surface area contributed by atoms with Crippen LogP contribution in [0.2, 0.25) is 0 Å². The molecule has 0 radical (unpaired) electrons. The lowest BCUT2D eigenvalue weighted by Crippen LogP contribution is -2.15. The Hall–Kier alpha value is -0.600. The monoisotopic (exact) mass is 160 g/mol. The molecule has 0 bridgehead atoms. The van der Waals surface area contributed by atoms with Gasteiger partial charge in [0.05, 0.1) is 0 Å². The Kier molecular flexibility index (Phi) is 1.67. The van der Waals surface area contributed by atoms with Crippen molar-refractivity contribution in [2.45, 2.75) is 0 Å². The van der Waals surface area contributed by atoms with Crippen LogP contribution < -0.4 is 5.57 Å². The topological polar surface area (TPSA) is 55.1 Å². The first-order valence-electron chi connectivity index (χ1n) is 2.80. The van der Waals surface area contributed by atoms with Gasteiger partial charge in [-0.05, 0) is 0 Å². The van der Waals surface area contributed by atoms with E-state index in [2.05, 4.69) is 4.98 Å². The Morgan fingerprint density at radius 1 is 1.80 bits per heavy atom. The lowest BCUT2D eigenvalue weighted by atomic mass is 10.9. The van der Waals surface area contributed by atoms with Crippen LogP contribution in [0.15, 0.2) is 12.4 Å². The van der Waals surface area contributed by atoms with E-state index < -0.39 is 7.37 Å². The molecule has 4 nitrogen and oxygen atoms in total. The summed E-state index contributed by atoms with van der Waals surface area (Å²) in [7, 11) is -1.47. The quantitative estimate of drug-likeness (QED) is 0.586. The maximum Gasteiger partial charge on any atom is 0.261 e. The van der Waals surface area contributed by atoms with E-state index in [1.165, 1.54) is 12.9 Å². The van der Waals surface area contributed by atoms with Crippen molar-refractivity contribution in [3.63, 3.8) is 0 Å². The van der Waals surface area contributed by atoms with Gasteiger partial charge in [-0.2, -0.15) is 0 Å². The molecule has 56 valence electrons. The minimum absolute atomic E-state index is 0.243. The van der Waals surface area contributed by atoms with Crippen LogP contribution in [0.1, 0.15) is 0 Å². The molecule has 1 aromatic heterocycles. The molecular weight excluding hydrogens is 151 g/mol. The number of rotatable bonds is 1. The van der Waals surface area contributed by atoms with E-state index in [4.69, 9.17) is 4.89 Å². The van der Waals surface area contributed by atoms with Crippen LogP contribution in [0.25, 0.3) is 0 Å². The molecule has 0 saturated heterocycles. The molecule has 0 fully saturated rings. The van der Waals surface area contributed by atoms with E-state index >= 15 is 0 Å². The standard InChI is InChI=1S/C5H9N2O2P/c1-7-4-3-6-5(7)10(2,8)9/h3-4H,1-2H3,(H,8,9). The minimum atomic E-state index is -3.16. The van der Waals surface area contributed by atoms with Gasteiger partial charge in [0.2, 0.25) is 0 Å². The fourth-order valence-corrected chi connectivity index (χ4v) is 1.69. The lowest BCUT2D eigenvalue weighted by Gasteiger charge is -2.02. The van der Waals surface area contributed by atoms with Crippen LogP contribution in [-0.4, -0.2) is 21.1 Å². The first kappa shape index (κ1) is 7.51. The highest BCUT2D eigenvalue weighted by Gasteiger charge is 2.17. The van der Waals surface area contributed by atoms with Crippen molar-refractivity contribution in [3.8, 4) is 0 Å². The molecule has 1 heterocycles. The molecule has 1 unspecified atom stereocenters. The third-order valence-electron chi connectivity index (χ3n) is 1.17. The predicted octanol–water partition coefficient (Wildman–Crippen LogP) is -0.0544. The van der Waals surface area contributed by atoms with E-state index in [1.807, 2.05) is 0 Å². The molecule has 1 aromatic rings. The van der Waals surface area contributed by atoms with Crippen LogP contribution in [0, 0.1) is 0 Å². The Labute approximate surface area is 59.0 Å². The van der Waals surface area contributed by atoms with E-state index in [0.717, 1.165) is 0 Å². The summed E-state index contributed by atoms with van der Waals surface area (Å²) in [5.41, 5.74) is 0.243. The van der Waals surface area contributed by atoms with E-state index in [9.17, 15) is 4.57 Å². The zero-order valence-electron chi connectivity index (χ0n) is 5.85. The molecule has 0 saturated carbocycles. The van der Waals surface area contributed by atoms with E-state index in [-0.39, 0.29) is 5.57 Å². The van der Waals surface area contributed by atoms with Gasteiger partial charge < -0.3 is 9.46 Å². The largest absolute Gasteiger partial charge is 0.339 e. The van der Waals surface area contributed by atoms with E-state index in [0.29, 0.717) is 0 Å². The van der Waals surface area contributed by atoms with Crippen molar-refractivity contribution < 1.29 is 9.46 Å². The number of hydrogen-bond donors (Lipinski definition) is 1. The fraction of sp³-hybridized carbons (Fsp3) is 0.400. The highest BCUT2D eigenvalue weighted by Crippen LogP contribution is 2.31. The Balaban J connectivity index is 3.18. The summed E-state index contributed by atoms with van der Waals surface area (Å²) < 4.78 is 12.5. The van der Waals surface area contributed by atoms with Gasteiger partial charge in [-0.3, -0.25) is 4.57 Å². The zero-order valence-corrected chi connectivity index (χ0v) is 6.75. The summed E-state index contributed by atoms with van der Waals surface area (Å²) in [4.78, 5) is 12.8. The molecule has 0 aromatic carbocycles. The third kappa shape index (κ3) is 1.28. The molecule has 0 spiro atoms. The molecule has 0 aliphatic carbocycles. The van der Waals surface area contributed by atoms with Crippen molar-refractivity contribution >= 4 is 12.9 Å². The predicted molar refractivity (Wildman–Crippen MR) is 38.6 cm³/mol. The Bertz CT molecular complexity index is 275. The summed E-state index contributed by atoms with van der Waals surface area (Å²) >= 11 is 0. The summed E-state index contributed by atoms with van der Waals surface area (Å²) in [5, 5.41) is 0. The maximum absolute atomic E-state index is 11.0. The summed E-state index contributed by atoms with van der Waals surface area (Å²) in [6.07, 6.45) is 3.14. The Morgan fingerprint density at radius 2 is 2.40 bits per heavy atom. The molecule has 10 heavy (non-hydrogen) atoms. The van der Waals surface area contributed by atoms with Crippen molar-refractivity contribution in [2.75, 3.05) is 6.66 Å². The van der Waals surface area contributed by atoms with Crippen LogP contribution in [0.3, 0.4) is 0 Å². The van der Waals surface area contributed by atoms with Gasteiger partial charge in [-0.15, -0.1) is 0 Å². The fourth-order valence-electron chi connectivity index (χ4n) is 0.758. The zero-order chi connectivity index (χ0) is 7.78. The summed E-state index contributed by atoms with van der Waals surface area (Å²) in [6, 6.07) is 0. The first-order chi connectivity index (χ1) is 4.52. The van der Waals surface area contributed by atoms with Gasteiger partial charge in [0.1, 0.15) is 0 Å². The molecule has 1 atom stereocenters. The maximum atomic E-state index is 11.0. The van der Waals surface area contributed by atoms with Crippen LogP contribution in [0.4, 0.5) is 0 Å². The third-order valence-corrected chi connectivity index (χ3v) is 2.34. The molecule has 0 aliphatic heterocycles. The molecular formula is C5H9N2O2P. The summed E-state index contributed by atoms with van der Waals surface area (Å²) in [6.45, 7) is 1.27. The number of hydrogen-bond acceptors (Lipinski definition) is 2. The van der Waals surface area contributed by atoms with Crippen molar-refractivity contribution in [2.24, 2.45) is 7.05 Å².